The maximum atomic E-state index is 5.43. The summed E-state index contributed by atoms with van der Waals surface area (Å²) in [7, 11) is 3.83. The zero-order chi connectivity index (χ0) is 20.9. The van der Waals surface area contributed by atoms with Crippen molar-refractivity contribution in [1.29, 1.82) is 0 Å². The molecule has 6 nitrogen and oxygen atoms in total. The normalized spacial score (nSPS) is 11.2. The third-order valence-electron chi connectivity index (χ3n) is 5.24. The number of imidazole rings is 1. The fourth-order valence-corrected chi connectivity index (χ4v) is 3.54. The third kappa shape index (κ3) is 4.44. The number of ether oxygens (including phenoxy) is 1. The van der Waals surface area contributed by atoms with Gasteiger partial charge in [0.15, 0.2) is 0 Å². The van der Waals surface area contributed by atoms with Crippen molar-refractivity contribution in [3.05, 3.63) is 84.6 Å². The molecule has 0 amide bonds. The summed E-state index contributed by atoms with van der Waals surface area (Å²) in [4.78, 5) is 6.62. The van der Waals surface area contributed by atoms with Gasteiger partial charge < -0.3 is 14.2 Å². The minimum Gasteiger partial charge on any atom is -0.497 e. The van der Waals surface area contributed by atoms with E-state index in [1.807, 2.05) is 60.4 Å². The minimum atomic E-state index is 0.799. The van der Waals surface area contributed by atoms with E-state index in [2.05, 4.69) is 45.9 Å². The number of nitrogens with zero attached hydrogens (tertiary/aromatic N) is 5. The molecule has 0 saturated carbocycles. The van der Waals surface area contributed by atoms with Crippen LogP contribution >= 0.6 is 0 Å². The van der Waals surface area contributed by atoms with Crippen LogP contribution in [0.5, 0.6) is 5.75 Å². The lowest BCUT2D eigenvalue weighted by Gasteiger charge is -2.17. The van der Waals surface area contributed by atoms with Gasteiger partial charge in [0.1, 0.15) is 11.6 Å². The summed E-state index contributed by atoms with van der Waals surface area (Å²) in [6.07, 6.45) is 6.00. The van der Waals surface area contributed by atoms with Crippen molar-refractivity contribution in [3.8, 4) is 22.7 Å². The molecule has 0 bridgehead atoms. The number of aryl methyl sites for hydroxylation is 1. The number of para-hydroxylation sites is 1. The van der Waals surface area contributed by atoms with Crippen LogP contribution in [0.3, 0.4) is 0 Å². The highest BCUT2D eigenvalue weighted by Gasteiger charge is 2.15. The van der Waals surface area contributed by atoms with Gasteiger partial charge >= 0.3 is 0 Å². The molecule has 30 heavy (non-hydrogen) atoms. The van der Waals surface area contributed by atoms with E-state index < -0.39 is 0 Å². The topological polar surface area (TPSA) is 48.1 Å². The highest BCUT2D eigenvalue weighted by Crippen LogP contribution is 2.27. The second-order valence-electron chi connectivity index (χ2n) is 7.42. The Hall–Kier alpha value is -3.38. The fraction of sp³-hybridized carbons (Fsp3) is 0.250. The highest BCUT2D eigenvalue weighted by atomic mass is 16.5. The van der Waals surface area contributed by atoms with Crippen LogP contribution in [0.4, 0.5) is 0 Å². The summed E-state index contributed by atoms with van der Waals surface area (Å²) < 4.78 is 9.56. The Labute approximate surface area is 177 Å². The van der Waals surface area contributed by atoms with Crippen molar-refractivity contribution in [2.24, 2.45) is 0 Å². The molecule has 154 valence electrons. The van der Waals surface area contributed by atoms with E-state index in [9.17, 15) is 0 Å². The Morgan fingerprint density at radius 2 is 1.90 bits per heavy atom. The van der Waals surface area contributed by atoms with E-state index in [0.717, 1.165) is 48.2 Å². The number of likely N-dealkylation sites (N-methyl/N-ethyl adjacent to an activating group) is 1. The molecule has 0 saturated heterocycles. The maximum absolute atomic E-state index is 5.43. The molecule has 0 radical (unpaired) electrons. The van der Waals surface area contributed by atoms with Crippen molar-refractivity contribution >= 4 is 0 Å². The quantitative estimate of drug-likeness (QED) is 0.444. The molecule has 0 aliphatic heterocycles. The lowest BCUT2D eigenvalue weighted by Crippen LogP contribution is -2.23. The van der Waals surface area contributed by atoms with Crippen LogP contribution in [0.2, 0.25) is 0 Å². The van der Waals surface area contributed by atoms with Gasteiger partial charge in [0.05, 0.1) is 18.5 Å². The van der Waals surface area contributed by atoms with Crippen LogP contribution in [-0.4, -0.2) is 44.9 Å². The molecule has 0 spiro atoms. The first-order valence-corrected chi connectivity index (χ1v) is 10.1. The molecule has 2 aromatic carbocycles. The molecule has 4 rings (SSSR count). The van der Waals surface area contributed by atoms with E-state index in [-0.39, 0.29) is 0 Å². The number of hydrogen-bond acceptors (Lipinski definition) is 4. The van der Waals surface area contributed by atoms with Crippen LogP contribution in [0, 0.1) is 6.92 Å². The van der Waals surface area contributed by atoms with Crippen molar-refractivity contribution in [2.75, 3.05) is 20.7 Å². The molecule has 0 N–H and O–H groups in total. The van der Waals surface area contributed by atoms with Gasteiger partial charge in [0.2, 0.25) is 0 Å². The molecule has 2 heterocycles. The maximum Gasteiger partial charge on any atom is 0.119 e. The molecule has 0 aliphatic carbocycles. The first kappa shape index (κ1) is 19.9. The van der Waals surface area contributed by atoms with Gasteiger partial charge in [-0.3, -0.25) is 0 Å². The van der Waals surface area contributed by atoms with Crippen molar-refractivity contribution in [2.45, 2.75) is 20.0 Å². The number of rotatable bonds is 8. The lowest BCUT2D eigenvalue weighted by molar-refractivity contribution is 0.310. The molecule has 0 aliphatic rings. The van der Waals surface area contributed by atoms with Gasteiger partial charge in [-0.15, -0.1) is 0 Å². The fourth-order valence-electron chi connectivity index (χ4n) is 3.54. The van der Waals surface area contributed by atoms with Crippen LogP contribution in [-0.2, 0) is 13.1 Å². The SMILES string of the molecule is COc1cccc(-c2nn(-c3ccccc3)cc2CN(C)CCn2ccnc2C)c1. The van der Waals surface area contributed by atoms with E-state index >= 15 is 0 Å². The van der Waals surface area contributed by atoms with Crippen molar-refractivity contribution in [3.63, 3.8) is 0 Å². The average Bonchev–Trinajstić information content (AvgIpc) is 3.39. The zero-order valence-electron chi connectivity index (χ0n) is 17.7. The van der Waals surface area contributed by atoms with Crippen LogP contribution in [0.25, 0.3) is 16.9 Å². The minimum absolute atomic E-state index is 0.799. The predicted molar refractivity (Wildman–Crippen MR) is 119 cm³/mol. The largest absolute Gasteiger partial charge is 0.497 e. The highest BCUT2D eigenvalue weighted by molar-refractivity contribution is 5.65. The van der Waals surface area contributed by atoms with Crippen LogP contribution < -0.4 is 4.74 Å². The lowest BCUT2D eigenvalue weighted by atomic mass is 10.1. The van der Waals surface area contributed by atoms with Crippen LogP contribution in [0.15, 0.2) is 73.2 Å². The number of hydrogen-bond donors (Lipinski definition) is 0. The molecule has 2 aromatic heterocycles. The van der Waals surface area contributed by atoms with Gasteiger partial charge in [0, 0.05) is 49.4 Å². The molecule has 4 aromatic rings. The van der Waals surface area contributed by atoms with Gasteiger partial charge in [0.25, 0.3) is 0 Å². The van der Waals surface area contributed by atoms with E-state index in [1.54, 1.807) is 7.11 Å². The summed E-state index contributed by atoms with van der Waals surface area (Å²) in [6.45, 7) is 4.66. The Morgan fingerprint density at radius 1 is 1.07 bits per heavy atom. The Bertz CT molecular complexity index is 1100. The Kier molecular flexibility index (Phi) is 5.95. The first-order chi connectivity index (χ1) is 14.6. The summed E-state index contributed by atoms with van der Waals surface area (Å²) in [5.41, 5.74) is 4.25. The van der Waals surface area contributed by atoms with Crippen LogP contribution in [0.1, 0.15) is 11.4 Å². The van der Waals surface area contributed by atoms with Gasteiger partial charge in [-0.1, -0.05) is 30.3 Å². The Balaban J connectivity index is 1.61. The molecule has 6 heteroatoms. The summed E-state index contributed by atoms with van der Waals surface area (Å²) >= 11 is 0. The molecule has 0 fully saturated rings. The smallest absolute Gasteiger partial charge is 0.119 e. The molecule has 0 unspecified atom stereocenters. The van der Waals surface area contributed by atoms with E-state index in [1.165, 1.54) is 5.56 Å². The molecular formula is C24H27N5O. The number of methoxy groups -OCH3 is 1. The third-order valence-corrected chi connectivity index (χ3v) is 5.24. The Morgan fingerprint density at radius 3 is 2.63 bits per heavy atom. The van der Waals surface area contributed by atoms with Crippen molar-refractivity contribution in [1.82, 2.24) is 24.2 Å². The van der Waals surface area contributed by atoms with E-state index in [0.29, 0.717) is 0 Å². The summed E-state index contributed by atoms with van der Waals surface area (Å²) in [6, 6.07) is 18.3. The van der Waals surface area contributed by atoms with Gasteiger partial charge in [-0.2, -0.15) is 5.10 Å². The van der Waals surface area contributed by atoms with Gasteiger partial charge in [-0.05, 0) is 38.2 Å². The summed E-state index contributed by atoms with van der Waals surface area (Å²) in [5, 5.41) is 4.92. The predicted octanol–water partition coefficient (Wildman–Crippen LogP) is 4.18. The first-order valence-electron chi connectivity index (χ1n) is 10.1. The van der Waals surface area contributed by atoms with Gasteiger partial charge in [-0.25, -0.2) is 9.67 Å². The van der Waals surface area contributed by atoms with Crippen molar-refractivity contribution < 1.29 is 4.74 Å². The average molecular weight is 402 g/mol. The number of benzene rings is 2. The number of aromatic nitrogens is 4. The second kappa shape index (κ2) is 8.97. The monoisotopic (exact) mass is 401 g/mol. The van der Waals surface area contributed by atoms with E-state index in [4.69, 9.17) is 9.84 Å². The standard InChI is InChI=1S/C24H27N5O/c1-19-25-12-13-28(19)15-14-27(2)17-21-18-29(22-9-5-4-6-10-22)26-24(21)20-8-7-11-23(16-20)30-3/h4-13,16,18H,14-15,17H2,1-3H3. The second-order valence-corrected chi connectivity index (χ2v) is 7.42. The summed E-state index contributed by atoms with van der Waals surface area (Å²) in [5.74, 6) is 1.87. The molecular weight excluding hydrogens is 374 g/mol. The zero-order valence-corrected chi connectivity index (χ0v) is 17.7. The molecule has 0 atom stereocenters.